The average molecular weight is 388 g/mol. The molecule has 140 valence electrons. The van der Waals surface area contributed by atoms with Crippen molar-refractivity contribution in [2.24, 2.45) is 0 Å². The molecule has 0 radical (unpaired) electrons. The van der Waals surface area contributed by atoms with Crippen molar-refractivity contribution in [1.82, 2.24) is 4.57 Å². The fraction of sp³-hybridized carbons (Fsp3) is 0.125. The van der Waals surface area contributed by atoms with E-state index in [9.17, 15) is 4.79 Å². The first-order valence-electron chi connectivity index (χ1n) is 9.31. The van der Waals surface area contributed by atoms with Gasteiger partial charge in [0.15, 0.2) is 0 Å². The van der Waals surface area contributed by atoms with E-state index in [0.29, 0.717) is 6.61 Å². The zero-order valence-corrected chi connectivity index (χ0v) is 16.4. The third kappa shape index (κ3) is 3.69. The summed E-state index contributed by atoms with van der Waals surface area (Å²) in [5.74, 6) is -0.217. The lowest BCUT2D eigenvalue weighted by molar-refractivity contribution is -0.142. The van der Waals surface area contributed by atoms with Crippen molar-refractivity contribution in [3.05, 3.63) is 96.8 Å². The maximum Gasteiger partial charge on any atom is 0.323 e. The highest BCUT2D eigenvalue weighted by Crippen LogP contribution is 2.41. The van der Waals surface area contributed by atoms with Gasteiger partial charge in [0, 0.05) is 17.3 Å². The Bertz CT molecular complexity index is 1080. The average Bonchev–Trinajstić information content (AvgIpc) is 3.27. The molecule has 0 spiro atoms. The first kappa shape index (κ1) is 18.4. The first-order valence-corrected chi connectivity index (χ1v) is 10.2. The molecule has 0 saturated carbocycles. The summed E-state index contributed by atoms with van der Waals surface area (Å²) in [5, 5.41) is 1.75. The van der Waals surface area contributed by atoms with Crippen molar-refractivity contribution < 1.29 is 9.53 Å². The van der Waals surface area contributed by atoms with Crippen LogP contribution < -0.4 is 0 Å². The quantitative estimate of drug-likeness (QED) is 0.299. The Labute approximate surface area is 169 Å². The topological polar surface area (TPSA) is 31.2 Å². The van der Waals surface area contributed by atoms with Gasteiger partial charge in [-0.2, -0.15) is 0 Å². The zero-order valence-electron chi connectivity index (χ0n) is 15.6. The second kappa shape index (κ2) is 8.36. The summed E-state index contributed by atoms with van der Waals surface area (Å²) in [5.41, 5.74) is 2.02. The van der Waals surface area contributed by atoms with Crippen LogP contribution >= 0.6 is 11.8 Å². The number of hydrogen-bond acceptors (Lipinski definition) is 3. The number of thioether (sulfide) groups is 1. The van der Waals surface area contributed by atoms with Crippen LogP contribution in [0.2, 0.25) is 0 Å². The predicted molar refractivity (Wildman–Crippen MR) is 115 cm³/mol. The van der Waals surface area contributed by atoms with E-state index in [1.807, 2.05) is 67.8 Å². The van der Waals surface area contributed by atoms with Crippen LogP contribution in [0.1, 0.15) is 17.7 Å². The maximum atomic E-state index is 12.9. The standard InChI is InChI=1S/C24H21NO2S/c1-2-27-24(26)23(20-13-9-11-18-10-3-4-12-19(18)20)28-22-15-6-5-14-21(22)25-16-7-8-17-25/h3-17,23H,2H2,1H3. The molecule has 1 aromatic heterocycles. The van der Waals surface area contributed by atoms with E-state index in [0.717, 1.165) is 26.9 Å². The minimum atomic E-state index is -0.442. The van der Waals surface area contributed by atoms with E-state index in [-0.39, 0.29) is 5.97 Å². The van der Waals surface area contributed by atoms with Crippen molar-refractivity contribution in [1.29, 1.82) is 0 Å². The fourth-order valence-corrected chi connectivity index (χ4v) is 4.53. The van der Waals surface area contributed by atoms with Crippen molar-refractivity contribution in [3.63, 3.8) is 0 Å². The van der Waals surface area contributed by atoms with E-state index in [1.165, 1.54) is 11.8 Å². The molecule has 4 heteroatoms. The number of nitrogens with zero attached hydrogens (tertiary/aromatic N) is 1. The number of para-hydroxylation sites is 1. The Balaban J connectivity index is 1.80. The van der Waals surface area contributed by atoms with Crippen LogP contribution in [0.4, 0.5) is 0 Å². The molecule has 0 aliphatic heterocycles. The summed E-state index contributed by atoms with van der Waals surface area (Å²) in [6.07, 6.45) is 4.02. The number of rotatable bonds is 6. The zero-order chi connectivity index (χ0) is 19.3. The largest absolute Gasteiger partial charge is 0.465 e. The normalized spacial score (nSPS) is 12.0. The second-order valence-electron chi connectivity index (χ2n) is 6.38. The molecule has 0 aliphatic rings. The first-order chi connectivity index (χ1) is 13.8. The maximum absolute atomic E-state index is 12.9. The van der Waals surface area contributed by atoms with Crippen molar-refractivity contribution in [3.8, 4) is 5.69 Å². The molecule has 1 atom stereocenters. The Hall–Kier alpha value is -2.98. The minimum absolute atomic E-state index is 0.217. The highest BCUT2D eigenvalue weighted by molar-refractivity contribution is 8.00. The van der Waals surface area contributed by atoms with Gasteiger partial charge in [-0.3, -0.25) is 4.79 Å². The van der Waals surface area contributed by atoms with Gasteiger partial charge in [0.1, 0.15) is 5.25 Å². The van der Waals surface area contributed by atoms with Crippen molar-refractivity contribution in [2.45, 2.75) is 17.1 Å². The smallest absolute Gasteiger partial charge is 0.323 e. The lowest BCUT2D eigenvalue weighted by Gasteiger charge is -2.19. The fourth-order valence-electron chi connectivity index (χ4n) is 3.33. The third-order valence-corrected chi connectivity index (χ3v) is 5.88. The van der Waals surface area contributed by atoms with Crippen LogP contribution in [-0.4, -0.2) is 17.1 Å². The molecule has 4 rings (SSSR count). The Kier molecular flexibility index (Phi) is 5.49. The monoisotopic (exact) mass is 387 g/mol. The molecule has 0 amide bonds. The molecule has 0 N–H and O–H groups in total. The van der Waals surface area contributed by atoms with Crippen LogP contribution in [0.25, 0.3) is 16.5 Å². The van der Waals surface area contributed by atoms with Gasteiger partial charge in [-0.25, -0.2) is 0 Å². The molecule has 0 saturated heterocycles. The number of fused-ring (bicyclic) bond motifs is 1. The van der Waals surface area contributed by atoms with Gasteiger partial charge in [-0.1, -0.05) is 54.6 Å². The Morgan fingerprint density at radius 2 is 1.64 bits per heavy atom. The summed E-state index contributed by atoms with van der Waals surface area (Å²) >= 11 is 1.53. The molecular weight excluding hydrogens is 366 g/mol. The lowest BCUT2D eigenvalue weighted by atomic mass is 10.0. The van der Waals surface area contributed by atoms with Gasteiger partial charge < -0.3 is 9.30 Å². The molecule has 1 heterocycles. The second-order valence-corrected chi connectivity index (χ2v) is 7.52. The van der Waals surface area contributed by atoms with Crippen LogP contribution in [0.15, 0.2) is 96.2 Å². The molecule has 0 aliphatic carbocycles. The summed E-state index contributed by atoms with van der Waals surface area (Å²) < 4.78 is 7.51. The number of ether oxygens (including phenoxy) is 1. The molecule has 28 heavy (non-hydrogen) atoms. The van der Waals surface area contributed by atoms with E-state index in [2.05, 4.69) is 34.9 Å². The molecule has 0 fully saturated rings. The summed E-state index contributed by atoms with van der Waals surface area (Å²) in [6.45, 7) is 2.20. The minimum Gasteiger partial charge on any atom is -0.465 e. The summed E-state index contributed by atoms with van der Waals surface area (Å²) in [6, 6.07) is 26.4. The number of benzene rings is 3. The molecule has 3 aromatic carbocycles. The number of hydrogen-bond donors (Lipinski definition) is 0. The predicted octanol–water partition coefficient (Wildman–Crippen LogP) is 6.03. The third-order valence-electron chi connectivity index (χ3n) is 4.60. The van der Waals surface area contributed by atoms with Gasteiger partial charge in [-0.05, 0) is 47.5 Å². The van der Waals surface area contributed by atoms with Gasteiger partial charge in [0.2, 0.25) is 0 Å². The number of aromatic nitrogens is 1. The molecule has 3 nitrogen and oxygen atoms in total. The van der Waals surface area contributed by atoms with E-state index < -0.39 is 5.25 Å². The van der Waals surface area contributed by atoms with Crippen LogP contribution in [0, 0.1) is 0 Å². The number of carbonyl (C=O) groups excluding carboxylic acids is 1. The van der Waals surface area contributed by atoms with E-state index in [4.69, 9.17) is 4.74 Å². The van der Waals surface area contributed by atoms with E-state index in [1.54, 1.807) is 0 Å². The lowest BCUT2D eigenvalue weighted by Crippen LogP contribution is -2.14. The highest BCUT2D eigenvalue weighted by atomic mass is 32.2. The van der Waals surface area contributed by atoms with Crippen LogP contribution in [0.3, 0.4) is 0 Å². The molecule has 0 bridgehead atoms. The summed E-state index contributed by atoms with van der Waals surface area (Å²) in [7, 11) is 0. The van der Waals surface area contributed by atoms with Gasteiger partial charge >= 0.3 is 5.97 Å². The SMILES string of the molecule is CCOC(=O)C(Sc1ccccc1-n1cccc1)c1cccc2ccccc12. The van der Waals surface area contributed by atoms with Gasteiger partial charge in [-0.15, -0.1) is 11.8 Å². The molecule has 4 aromatic rings. The van der Waals surface area contributed by atoms with Gasteiger partial charge in [0.25, 0.3) is 0 Å². The Morgan fingerprint density at radius 1 is 0.929 bits per heavy atom. The van der Waals surface area contributed by atoms with Crippen molar-refractivity contribution in [2.75, 3.05) is 6.61 Å². The molecule has 1 unspecified atom stereocenters. The number of esters is 1. The molecular formula is C24H21NO2S. The Morgan fingerprint density at radius 3 is 2.46 bits per heavy atom. The van der Waals surface area contributed by atoms with E-state index >= 15 is 0 Å². The van der Waals surface area contributed by atoms with Gasteiger partial charge in [0.05, 0.1) is 12.3 Å². The van der Waals surface area contributed by atoms with Crippen LogP contribution in [0.5, 0.6) is 0 Å². The summed E-state index contributed by atoms with van der Waals surface area (Å²) in [4.78, 5) is 14.0. The highest BCUT2D eigenvalue weighted by Gasteiger charge is 2.26. The van der Waals surface area contributed by atoms with Crippen molar-refractivity contribution >= 4 is 28.5 Å². The number of carbonyl (C=O) groups is 1. The van der Waals surface area contributed by atoms with Crippen LogP contribution in [-0.2, 0) is 9.53 Å².